The molecule has 5 aromatic rings. The predicted octanol–water partition coefficient (Wildman–Crippen LogP) is 6.92. The lowest BCUT2D eigenvalue weighted by Gasteiger charge is -2.14. The highest BCUT2D eigenvalue weighted by Gasteiger charge is 2.24. The number of phenols is 1. The van der Waals surface area contributed by atoms with E-state index >= 15 is 0 Å². The molecule has 0 aliphatic heterocycles. The van der Waals surface area contributed by atoms with Gasteiger partial charge in [0.2, 0.25) is 5.69 Å². The lowest BCUT2D eigenvalue weighted by molar-refractivity contribution is 0.477. The smallest absolute Gasteiger partial charge is 0.221 e. The largest absolute Gasteiger partial charge is 0.507 e. The molecular weight excluding hydrogens is 511 g/mol. The quantitative estimate of drug-likeness (QED) is 0.204. The lowest BCUT2D eigenvalue weighted by Crippen LogP contribution is -1.99. The van der Waals surface area contributed by atoms with E-state index in [9.17, 15) is 5.11 Å². The molecule has 0 fully saturated rings. The van der Waals surface area contributed by atoms with Gasteiger partial charge < -0.3 is 5.11 Å². The van der Waals surface area contributed by atoms with Crippen LogP contribution in [0.1, 0.15) is 5.69 Å². The number of aryl methyl sites for hydroxylation is 1. The topological polar surface area (TPSA) is 55.3 Å². The molecule has 6 heteroatoms. The number of halogens is 1. The Hall–Kier alpha value is -3.70. The van der Waals surface area contributed by atoms with Crippen molar-refractivity contribution in [1.29, 1.82) is 0 Å². The summed E-state index contributed by atoms with van der Waals surface area (Å²) < 4.78 is 2.90. The molecular formula is C26H17IN4O. The number of pyridine rings is 1. The fourth-order valence-corrected chi connectivity index (χ4v) is 4.28. The summed E-state index contributed by atoms with van der Waals surface area (Å²) >= 11 is 2.26. The first-order valence-electron chi connectivity index (χ1n) is 9.99. The van der Waals surface area contributed by atoms with E-state index in [-0.39, 0.29) is 5.75 Å². The molecule has 32 heavy (non-hydrogen) atoms. The van der Waals surface area contributed by atoms with E-state index in [4.69, 9.17) is 16.7 Å². The normalized spacial score (nSPS) is 10.9. The van der Waals surface area contributed by atoms with Crippen LogP contribution in [0.5, 0.6) is 5.75 Å². The summed E-state index contributed by atoms with van der Waals surface area (Å²) in [4.78, 5) is 8.86. The van der Waals surface area contributed by atoms with Crippen LogP contribution < -0.4 is 0 Å². The number of aromatic nitrogens is 3. The second-order valence-electron chi connectivity index (χ2n) is 7.35. The van der Waals surface area contributed by atoms with E-state index in [1.165, 1.54) is 0 Å². The van der Waals surface area contributed by atoms with Crippen LogP contribution in [-0.2, 0) is 0 Å². The van der Waals surface area contributed by atoms with Crippen molar-refractivity contribution < 1.29 is 5.11 Å². The molecule has 2 heterocycles. The Morgan fingerprint density at radius 1 is 0.938 bits per heavy atom. The highest BCUT2D eigenvalue weighted by molar-refractivity contribution is 14.1. The van der Waals surface area contributed by atoms with Crippen molar-refractivity contribution in [2.75, 3.05) is 0 Å². The standard InChI is InChI=1S/C26H17IN4O/c1-16-22-23(20-10-6-7-11-21(20)32)25(28-2)24(17-12-14-18(27)15-13-17)29-26(22)31(30-16)19-8-4-3-5-9-19/h3-15,32H,1H3. The van der Waals surface area contributed by atoms with E-state index in [1.807, 2.05) is 73.7 Å². The highest BCUT2D eigenvalue weighted by atomic mass is 127. The fraction of sp³-hybridized carbons (Fsp3) is 0.0385. The van der Waals surface area contributed by atoms with Gasteiger partial charge in [0.1, 0.15) is 5.75 Å². The minimum atomic E-state index is 0.116. The summed E-state index contributed by atoms with van der Waals surface area (Å²) in [6, 6.07) is 24.8. The van der Waals surface area contributed by atoms with Crippen molar-refractivity contribution in [3.05, 3.63) is 99.5 Å². The number of benzene rings is 3. The maximum absolute atomic E-state index is 10.7. The van der Waals surface area contributed by atoms with Gasteiger partial charge in [0, 0.05) is 20.1 Å². The molecule has 0 saturated carbocycles. The molecule has 154 valence electrons. The number of aromatic hydroxyl groups is 1. The van der Waals surface area contributed by atoms with Crippen LogP contribution in [0.3, 0.4) is 0 Å². The van der Waals surface area contributed by atoms with Gasteiger partial charge in [-0.15, -0.1) is 0 Å². The van der Waals surface area contributed by atoms with Crippen LogP contribution in [0.4, 0.5) is 5.69 Å². The van der Waals surface area contributed by atoms with Gasteiger partial charge in [0.15, 0.2) is 5.65 Å². The molecule has 5 rings (SSSR count). The van der Waals surface area contributed by atoms with Crippen LogP contribution in [0.25, 0.3) is 44.0 Å². The van der Waals surface area contributed by atoms with Gasteiger partial charge in [-0.25, -0.2) is 14.5 Å². The third kappa shape index (κ3) is 3.31. The van der Waals surface area contributed by atoms with Gasteiger partial charge in [0.25, 0.3) is 0 Å². The zero-order valence-corrected chi connectivity index (χ0v) is 19.3. The zero-order chi connectivity index (χ0) is 22.2. The minimum absolute atomic E-state index is 0.116. The third-order valence-electron chi connectivity index (χ3n) is 5.37. The summed E-state index contributed by atoms with van der Waals surface area (Å²) in [6.45, 7) is 9.94. The molecule has 0 radical (unpaired) electrons. The second-order valence-corrected chi connectivity index (χ2v) is 8.60. The number of nitrogens with zero attached hydrogens (tertiary/aromatic N) is 4. The zero-order valence-electron chi connectivity index (χ0n) is 17.1. The molecule has 0 bridgehead atoms. The van der Waals surface area contributed by atoms with Crippen molar-refractivity contribution >= 4 is 39.3 Å². The van der Waals surface area contributed by atoms with Crippen molar-refractivity contribution in [2.45, 2.75) is 6.92 Å². The second kappa shape index (κ2) is 8.09. The van der Waals surface area contributed by atoms with Crippen molar-refractivity contribution in [2.24, 2.45) is 0 Å². The Bertz CT molecular complexity index is 1500. The molecule has 0 aliphatic rings. The molecule has 0 spiro atoms. The maximum atomic E-state index is 10.7. The Morgan fingerprint density at radius 2 is 1.62 bits per heavy atom. The van der Waals surface area contributed by atoms with Gasteiger partial charge >= 0.3 is 0 Å². The minimum Gasteiger partial charge on any atom is -0.507 e. The first-order valence-corrected chi connectivity index (χ1v) is 11.1. The van der Waals surface area contributed by atoms with Gasteiger partial charge in [0.05, 0.1) is 23.6 Å². The summed E-state index contributed by atoms with van der Waals surface area (Å²) in [6.07, 6.45) is 0. The highest BCUT2D eigenvalue weighted by Crippen LogP contribution is 2.46. The Balaban J connectivity index is 1.96. The summed E-state index contributed by atoms with van der Waals surface area (Å²) in [5.74, 6) is 0.116. The average molecular weight is 528 g/mol. The number of phenolic OH excluding ortho intramolecular Hbond substituents is 1. The fourth-order valence-electron chi connectivity index (χ4n) is 3.92. The van der Waals surface area contributed by atoms with E-state index in [1.54, 1.807) is 16.8 Å². The van der Waals surface area contributed by atoms with Crippen molar-refractivity contribution in [3.63, 3.8) is 0 Å². The Labute approximate surface area is 198 Å². The van der Waals surface area contributed by atoms with Crippen LogP contribution in [0, 0.1) is 17.1 Å². The molecule has 3 aromatic carbocycles. The SMILES string of the molecule is [C-]#[N+]c1c(-c2ccc(I)cc2)nc2c(c(C)nn2-c2ccccc2)c1-c1ccccc1O. The first kappa shape index (κ1) is 20.2. The Morgan fingerprint density at radius 3 is 2.31 bits per heavy atom. The Kier molecular flexibility index (Phi) is 5.11. The number of hydrogen-bond donors (Lipinski definition) is 1. The average Bonchev–Trinajstić information content (AvgIpc) is 3.15. The van der Waals surface area contributed by atoms with Gasteiger partial charge in [-0.2, -0.15) is 5.10 Å². The molecule has 0 atom stereocenters. The summed E-state index contributed by atoms with van der Waals surface area (Å²) in [5, 5.41) is 16.2. The summed E-state index contributed by atoms with van der Waals surface area (Å²) in [7, 11) is 0. The van der Waals surface area contributed by atoms with E-state index in [0.717, 1.165) is 25.9 Å². The third-order valence-corrected chi connectivity index (χ3v) is 6.09. The number of rotatable bonds is 3. The van der Waals surface area contributed by atoms with Crippen LogP contribution >= 0.6 is 22.6 Å². The van der Waals surface area contributed by atoms with E-state index in [2.05, 4.69) is 27.4 Å². The number of para-hydroxylation sites is 2. The van der Waals surface area contributed by atoms with Gasteiger partial charge in [-0.1, -0.05) is 48.5 Å². The first-order chi connectivity index (χ1) is 15.6. The number of hydrogen-bond acceptors (Lipinski definition) is 3. The molecule has 5 nitrogen and oxygen atoms in total. The van der Waals surface area contributed by atoms with Crippen LogP contribution in [0.15, 0.2) is 78.9 Å². The molecule has 0 amide bonds. The van der Waals surface area contributed by atoms with E-state index in [0.29, 0.717) is 28.2 Å². The molecule has 0 saturated heterocycles. The molecule has 2 aromatic heterocycles. The molecule has 0 unspecified atom stereocenters. The van der Waals surface area contributed by atoms with Crippen LogP contribution in [-0.4, -0.2) is 19.9 Å². The summed E-state index contributed by atoms with van der Waals surface area (Å²) in [5.41, 5.74) is 5.32. The van der Waals surface area contributed by atoms with Gasteiger partial charge in [-0.05, 0) is 65.4 Å². The maximum Gasteiger partial charge on any atom is 0.221 e. The van der Waals surface area contributed by atoms with Crippen molar-refractivity contribution in [1.82, 2.24) is 14.8 Å². The molecule has 0 aliphatic carbocycles. The van der Waals surface area contributed by atoms with Crippen LogP contribution in [0.2, 0.25) is 0 Å². The lowest BCUT2D eigenvalue weighted by atomic mass is 9.96. The van der Waals surface area contributed by atoms with Crippen molar-refractivity contribution in [3.8, 4) is 33.8 Å². The van der Waals surface area contributed by atoms with E-state index < -0.39 is 0 Å². The molecule has 1 N–H and O–H groups in total. The number of fused-ring (bicyclic) bond motifs is 1. The monoisotopic (exact) mass is 528 g/mol. The predicted molar refractivity (Wildman–Crippen MR) is 135 cm³/mol. The van der Waals surface area contributed by atoms with Gasteiger partial charge in [-0.3, -0.25) is 0 Å².